The average Bonchev–Trinajstić information content (AvgIpc) is 2.36. The van der Waals surface area contributed by atoms with Gasteiger partial charge in [-0.3, -0.25) is 4.79 Å². The molecular formula is C13H18O4. The largest absolute Gasteiger partial charge is 0.497 e. The summed E-state index contributed by atoms with van der Waals surface area (Å²) in [6.07, 6.45) is -0.0584. The van der Waals surface area contributed by atoms with Crippen LogP contribution >= 0.6 is 0 Å². The van der Waals surface area contributed by atoms with Gasteiger partial charge in [-0.2, -0.15) is 0 Å². The number of benzene rings is 1. The van der Waals surface area contributed by atoms with Crippen LogP contribution in [0, 0.1) is 0 Å². The summed E-state index contributed by atoms with van der Waals surface area (Å²) in [5.41, 5.74) is 0.773. The number of rotatable bonds is 6. The molecule has 1 unspecified atom stereocenters. The monoisotopic (exact) mass is 238 g/mol. The molecule has 1 aromatic rings. The number of esters is 1. The first-order valence-electron chi connectivity index (χ1n) is 5.65. The highest BCUT2D eigenvalue weighted by molar-refractivity contribution is 5.69. The van der Waals surface area contributed by atoms with Crippen molar-refractivity contribution in [2.75, 3.05) is 13.7 Å². The molecule has 17 heavy (non-hydrogen) atoms. The Hall–Kier alpha value is -1.55. The Morgan fingerprint density at radius 1 is 1.35 bits per heavy atom. The maximum atomic E-state index is 11.1. The van der Waals surface area contributed by atoms with Gasteiger partial charge < -0.3 is 14.6 Å². The van der Waals surface area contributed by atoms with Crippen molar-refractivity contribution in [2.24, 2.45) is 0 Å². The van der Waals surface area contributed by atoms with Gasteiger partial charge in [-0.15, -0.1) is 0 Å². The SMILES string of the molecule is CCOC(=O)CCC(O)c1ccc(OC)cc1. The van der Waals surface area contributed by atoms with Crippen molar-refractivity contribution in [3.63, 3.8) is 0 Å². The lowest BCUT2D eigenvalue weighted by molar-refractivity contribution is -0.143. The molecule has 0 radical (unpaired) electrons. The highest BCUT2D eigenvalue weighted by Crippen LogP contribution is 2.21. The summed E-state index contributed by atoms with van der Waals surface area (Å²) in [4.78, 5) is 11.1. The molecule has 0 amide bonds. The molecule has 1 rings (SSSR count). The summed E-state index contributed by atoms with van der Waals surface area (Å²) in [7, 11) is 1.59. The van der Waals surface area contributed by atoms with Gasteiger partial charge in [0, 0.05) is 6.42 Å². The summed E-state index contributed by atoms with van der Waals surface area (Å²) in [5, 5.41) is 9.85. The number of aliphatic hydroxyl groups is 1. The molecule has 0 saturated heterocycles. The molecule has 1 aromatic carbocycles. The van der Waals surface area contributed by atoms with Crippen LogP contribution in [0.2, 0.25) is 0 Å². The van der Waals surface area contributed by atoms with Crippen LogP contribution in [0.4, 0.5) is 0 Å². The summed E-state index contributed by atoms with van der Waals surface area (Å²) >= 11 is 0. The van der Waals surface area contributed by atoms with E-state index in [0.29, 0.717) is 13.0 Å². The minimum absolute atomic E-state index is 0.223. The molecule has 1 atom stereocenters. The van der Waals surface area contributed by atoms with Crippen LogP contribution in [0.25, 0.3) is 0 Å². The molecule has 0 spiro atoms. The molecular weight excluding hydrogens is 220 g/mol. The lowest BCUT2D eigenvalue weighted by atomic mass is 10.1. The van der Waals surface area contributed by atoms with Crippen LogP contribution in [-0.4, -0.2) is 24.8 Å². The molecule has 0 saturated carbocycles. The van der Waals surface area contributed by atoms with Crippen molar-refractivity contribution in [3.8, 4) is 5.75 Å². The molecule has 0 aromatic heterocycles. The van der Waals surface area contributed by atoms with Crippen LogP contribution in [0.3, 0.4) is 0 Å². The zero-order chi connectivity index (χ0) is 12.7. The second kappa shape index (κ2) is 6.91. The molecule has 0 aliphatic heterocycles. The molecule has 0 fully saturated rings. The van der Waals surface area contributed by atoms with Gasteiger partial charge in [0.15, 0.2) is 0 Å². The van der Waals surface area contributed by atoms with Crippen LogP contribution in [-0.2, 0) is 9.53 Å². The van der Waals surface area contributed by atoms with E-state index in [4.69, 9.17) is 9.47 Å². The summed E-state index contributed by atoms with van der Waals surface area (Å²) in [6.45, 7) is 2.13. The highest BCUT2D eigenvalue weighted by Gasteiger charge is 2.10. The maximum Gasteiger partial charge on any atom is 0.305 e. The molecule has 4 heteroatoms. The first-order valence-corrected chi connectivity index (χ1v) is 5.65. The number of carbonyl (C=O) groups is 1. The Morgan fingerprint density at radius 2 is 2.00 bits per heavy atom. The topological polar surface area (TPSA) is 55.8 Å². The normalized spacial score (nSPS) is 11.9. The van der Waals surface area contributed by atoms with Crippen molar-refractivity contribution in [2.45, 2.75) is 25.9 Å². The van der Waals surface area contributed by atoms with Crippen molar-refractivity contribution in [1.82, 2.24) is 0 Å². The van der Waals surface area contributed by atoms with E-state index in [2.05, 4.69) is 0 Å². The quantitative estimate of drug-likeness (QED) is 0.771. The fourth-order valence-electron chi connectivity index (χ4n) is 1.48. The van der Waals surface area contributed by atoms with E-state index in [0.717, 1.165) is 11.3 Å². The minimum Gasteiger partial charge on any atom is -0.497 e. The van der Waals surface area contributed by atoms with E-state index < -0.39 is 6.10 Å². The van der Waals surface area contributed by atoms with E-state index in [-0.39, 0.29) is 12.4 Å². The first-order chi connectivity index (χ1) is 8.17. The van der Waals surface area contributed by atoms with Crippen molar-refractivity contribution < 1.29 is 19.4 Å². The maximum absolute atomic E-state index is 11.1. The lowest BCUT2D eigenvalue weighted by Crippen LogP contribution is -2.07. The standard InChI is InChI=1S/C13H18O4/c1-3-17-13(15)9-8-12(14)10-4-6-11(16-2)7-5-10/h4-7,12,14H,3,8-9H2,1-2H3. The molecule has 0 bridgehead atoms. The van der Waals surface area contributed by atoms with E-state index in [1.165, 1.54) is 0 Å². The van der Waals surface area contributed by atoms with Crippen molar-refractivity contribution >= 4 is 5.97 Å². The second-order valence-corrected chi connectivity index (χ2v) is 3.63. The second-order valence-electron chi connectivity index (χ2n) is 3.63. The van der Waals surface area contributed by atoms with Gasteiger partial charge in [0.25, 0.3) is 0 Å². The minimum atomic E-state index is -0.648. The third-order valence-corrected chi connectivity index (χ3v) is 2.43. The van der Waals surface area contributed by atoms with Gasteiger partial charge in [0.05, 0.1) is 19.8 Å². The zero-order valence-corrected chi connectivity index (χ0v) is 10.2. The summed E-state index contributed by atoms with van der Waals surface area (Å²) in [5.74, 6) is 0.464. The Kier molecular flexibility index (Phi) is 5.49. The molecule has 94 valence electrons. The van der Waals surface area contributed by atoms with Gasteiger partial charge in [-0.25, -0.2) is 0 Å². The van der Waals surface area contributed by atoms with Gasteiger partial charge in [0.2, 0.25) is 0 Å². The summed E-state index contributed by atoms with van der Waals surface area (Å²) < 4.78 is 9.82. The fourth-order valence-corrected chi connectivity index (χ4v) is 1.48. The molecule has 0 heterocycles. The Morgan fingerprint density at radius 3 is 2.53 bits per heavy atom. The van der Waals surface area contributed by atoms with E-state index in [1.54, 1.807) is 38.3 Å². The molecule has 0 aliphatic carbocycles. The molecule has 1 N–H and O–H groups in total. The number of methoxy groups -OCH3 is 1. The number of carbonyl (C=O) groups excluding carboxylic acids is 1. The van der Waals surface area contributed by atoms with E-state index in [1.807, 2.05) is 0 Å². The van der Waals surface area contributed by atoms with Gasteiger partial charge in [0.1, 0.15) is 5.75 Å². The van der Waals surface area contributed by atoms with Crippen molar-refractivity contribution in [3.05, 3.63) is 29.8 Å². The fraction of sp³-hybridized carbons (Fsp3) is 0.462. The van der Waals surface area contributed by atoms with Gasteiger partial charge >= 0.3 is 5.97 Å². The van der Waals surface area contributed by atoms with Gasteiger partial charge in [-0.1, -0.05) is 12.1 Å². The van der Waals surface area contributed by atoms with E-state index in [9.17, 15) is 9.90 Å². The predicted octanol–water partition coefficient (Wildman–Crippen LogP) is 2.07. The highest BCUT2D eigenvalue weighted by atomic mass is 16.5. The van der Waals surface area contributed by atoms with Crippen LogP contribution in [0.15, 0.2) is 24.3 Å². The number of ether oxygens (including phenoxy) is 2. The first kappa shape index (κ1) is 13.5. The third kappa shape index (κ3) is 4.44. The van der Waals surface area contributed by atoms with Crippen LogP contribution in [0.5, 0.6) is 5.75 Å². The number of hydrogen-bond donors (Lipinski definition) is 1. The predicted molar refractivity (Wildman–Crippen MR) is 63.8 cm³/mol. The summed E-state index contributed by atoms with van der Waals surface area (Å²) in [6, 6.07) is 7.13. The Balaban J connectivity index is 2.46. The number of hydrogen-bond acceptors (Lipinski definition) is 4. The Labute approximate surface area is 101 Å². The van der Waals surface area contributed by atoms with Crippen molar-refractivity contribution in [1.29, 1.82) is 0 Å². The lowest BCUT2D eigenvalue weighted by Gasteiger charge is -2.11. The third-order valence-electron chi connectivity index (χ3n) is 2.43. The Bertz CT molecular complexity index is 345. The average molecular weight is 238 g/mol. The number of aliphatic hydroxyl groups excluding tert-OH is 1. The van der Waals surface area contributed by atoms with E-state index >= 15 is 0 Å². The van der Waals surface area contributed by atoms with Gasteiger partial charge in [-0.05, 0) is 31.0 Å². The molecule has 4 nitrogen and oxygen atoms in total. The van der Waals surface area contributed by atoms with Crippen LogP contribution in [0.1, 0.15) is 31.4 Å². The smallest absolute Gasteiger partial charge is 0.305 e. The zero-order valence-electron chi connectivity index (χ0n) is 10.2. The molecule has 0 aliphatic rings. The van der Waals surface area contributed by atoms with Crippen LogP contribution < -0.4 is 4.74 Å².